The molecule has 214 valence electrons. The van der Waals surface area contributed by atoms with Crippen molar-refractivity contribution in [3.8, 4) is 11.1 Å². The first-order valence-electron chi connectivity index (χ1n) is 14.8. The van der Waals surface area contributed by atoms with E-state index in [0.29, 0.717) is 12.0 Å². The monoisotopic (exact) mass is 565 g/mol. The van der Waals surface area contributed by atoms with E-state index < -0.39 is 0 Å². The molecule has 1 saturated heterocycles. The van der Waals surface area contributed by atoms with Crippen LogP contribution in [0.5, 0.6) is 0 Å². The number of hydrogen-bond donors (Lipinski definition) is 1. The number of anilines is 2. The summed E-state index contributed by atoms with van der Waals surface area (Å²) < 4.78 is 0. The van der Waals surface area contributed by atoms with Gasteiger partial charge in [0.25, 0.3) is 5.91 Å². The van der Waals surface area contributed by atoms with E-state index in [1.807, 2.05) is 115 Å². The molecule has 5 nitrogen and oxygen atoms in total. The molecule has 0 radical (unpaired) electrons. The summed E-state index contributed by atoms with van der Waals surface area (Å²) in [6.07, 6.45) is 0.420. The Hall–Kier alpha value is -5.00. The Kier molecular flexibility index (Phi) is 8.72. The van der Waals surface area contributed by atoms with Crippen LogP contribution >= 0.6 is 0 Å². The second-order valence-electron chi connectivity index (χ2n) is 10.9. The Morgan fingerprint density at radius 3 is 1.88 bits per heavy atom. The summed E-state index contributed by atoms with van der Waals surface area (Å²) >= 11 is 0. The zero-order chi connectivity index (χ0) is 29.4. The van der Waals surface area contributed by atoms with E-state index in [1.165, 1.54) is 0 Å². The van der Waals surface area contributed by atoms with Crippen molar-refractivity contribution < 1.29 is 9.59 Å². The second kappa shape index (κ2) is 13.3. The maximum Gasteiger partial charge on any atom is 0.256 e. The Labute approximate surface area is 253 Å². The predicted octanol–water partition coefficient (Wildman–Crippen LogP) is 7.28. The standard InChI is InChI=1S/C38H35N3O2/c42-36(28-29-12-4-1-5-13-29)37(31-16-8-3-9-17-31)41-26-24-40(25-27-41)33-22-20-32(21-23-33)39-38(43)35-19-11-10-18-34(35)30-14-6-2-7-15-30/h1-23,37H,24-28H2,(H,39,43). The summed E-state index contributed by atoms with van der Waals surface area (Å²) in [5.74, 6) is 0.0905. The van der Waals surface area contributed by atoms with Crippen LogP contribution in [0.4, 0.5) is 11.4 Å². The smallest absolute Gasteiger partial charge is 0.256 e. The van der Waals surface area contributed by atoms with Gasteiger partial charge in [0.05, 0.1) is 6.04 Å². The van der Waals surface area contributed by atoms with E-state index >= 15 is 0 Å². The molecule has 1 amide bonds. The number of piperazine rings is 1. The van der Waals surface area contributed by atoms with Gasteiger partial charge in [-0.3, -0.25) is 14.5 Å². The number of nitrogens with one attached hydrogen (secondary N) is 1. The van der Waals surface area contributed by atoms with Crippen molar-refractivity contribution in [2.75, 3.05) is 36.4 Å². The number of ketones is 1. The molecule has 0 spiro atoms. The molecule has 1 atom stereocenters. The highest BCUT2D eigenvalue weighted by Crippen LogP contribution is 2.28. The molecule has 1 fully saturated rings. The van der Waals surface area contributed by atoms with Gasteiger partial charge in [-0.2, -0.15) is 0 Å². The number of Topliss-reactive ketones (excluding diaryl/α,β-unsaturated/α-hetero) is 1. The Morgan fingerprint density at radius 1 is 0.628 bits per heavy atom. The van der Waals surface area contributed by atoms with Crippen LogP contribution in [0.1, 0.15) is 27.5 Å². The van der Waals surface area contributed by atoms with Crippen LogP contribution in [-0.4, -0.2) is 42.8 Å². The van der Waals surface area contributed by atoms with E-state index in [4.69, 9.17) is 0 Å². The molecule has 1 unspecified atom stereocenters. The Bertz CT molecular complexity index is 1650. The predicted molar refractivity (Wildman–Crippen MR) is 174 cm³/mol. The Balaban J connectivity index is 1.10. The highest BCUT2D eigenvalue weighted by Gasteiger charge is 2.30. The fraction of sp³-hybridized carbons (Fsp3) is 0.158. The number of amides is 1. The molecule has 5 heteroatoms. The van der Waals surface area contributed by atoms with Crippen LogP contribution in [-0.2, 0) is 11.2 Å². The van der Waals surface area contributed by atoms with Gasteiger partial charge in [-0.05, 0) is 52.6 Å². The molecule has 43 heavy (non-hydrogen) atoms. The molecule has 6 rings (SSSR count). The highest BCUT2D eigenvalue weighted by atomic mass is 16.1. The fourth-order valence-corrected chi connectivity index (χ4v) is 5.87. The topological polar surface area (TPSA) is 52.7 Å². The minimum Gasteiger partial charge on any atom is -0.369 e. The summed E-state index contributed by atoms with van der Waals surface area (Å²) in [5.41, 5.74) is 6.52. The van der Waals surface area contributed by atoms with Gasteiger partial charge in [0.2, 0.25) is 0 Å². The molecule has 0 aromatic heterocycles. The van der Waals surface area contributed by atoms with Crippen LogP contribution in [0.15, 0.2) is 140 Å². The normalized spacial score (nSPS) is 14.2. The summed E-state index contributed by atoms with van der Waals surface area (Å²) in [5, 5.41) is 3.07. The molecule has 0 saturated carbocycles. The molecule has 1 aliphatic heterocycles. The van der Waals surface area contributed by atoms with Gasteiger partial charge < -0.3 is 10.2 Å². The third kappa shape index (κ3) is 6.74. The van der Waals surface area contributed by atoms with Gasteiger partial charge in [0.15, 0.2) is 5.78 Å². The van der Waals surface area contributed by atoms with E-state index in [1.54, 1.807) is 0 Å². The van der Waals surface area contributed by atoms with Crippen LogP contribution in [0.2, 0.25) is 0 Å². The van der Waals surface area contributed by atoms with Crippen molar-refractivity contribution in [2.24, 2.45) is 0 Å². The van der Waals surface area contributed by atoms with Crippen molar-refractivity contribution in [1.29, 1.82) is 0 Å². The molecular weight excluding hydrogens is 530 g/mol. The van der Waals surface area contributed by atoms with Crippen LogP contribution < -0.4 is 10.2 Å². The molecular formula is C38H35N3O2. The first-order chi connectivity index (χ1) is 21.2. The van der Waals surface area contributed by atoms with Crippen molar-refractivity contribution in [3.05, 3.63) is 156 Å². The fourth-order valence-electron chi connectivity index (χ4n) is 5.87. The molecule has 1 N–H and O–H groups in total. The largest absolute Gasteiger partial charge is 0.369 e. The van der Waals surface area contributed by atoms with Crippen LogP contribution in [0, 0.1) is 0 Å². The number of hydrogen-bond acceptors (Lipinski definition) is 4. The van der Waals surface area contributed by atoms with E-state index in [-0.39, 0.29) is 17.7 Å². The van der Waals surface area contributed by atoms with Gasteiger partial charge in [-0.15, -0.1) is 0 Å². The van der Waals surface area contributed by atoms with Crippen LogP contribution in [0.25, 0.3) is 11.1 Å². The zero-order valence-electron chi connectivity index (χ0n) is 24.1. The second-order valence-corrected chi connectivity index (χ2v) is 10.9. The average Bonchev–Trinajstić information content (AvgIpc) is 3.07. The number of benzene rings is 5. The minimum absolute atomic E-state index is 0.132. The molecule has 1 heterocycles. The molecule has 5 aromatic carbocycles. The summed E-state index contributed by atoms with van der Waals surface area (Å²) in [6.45, 7) is 3.21. The van der Waals surface area contributed by atoms with Gasteiger partial charge in [-0.1, -0.05) is 109 Å². The van der Waals surface area contributed by atoms with Gasteiger partial charge in [0.1, 0.15) is 0 Å². The maximum absolute atomic E-state index is 13.6. The number of carbonyl (C=O) groups is 2. The van der Waals surface area contributed by atoms with Crippen molar-refractivity contribution >= 4 is 23.1 Å². The van der Waals surface area contributed by atoms with Crippen molar-refractivity contribution in [2.45, 2.75) is 12.5 Å². The Morgan fingerprint density at radius 2 is 1.21 bits per heavy atom. The average molecular weight is 566 g/mol. The lowest BCUT2D eigenvalue weighted by atomic mass is 9.95. The quantitative estimate of drug-likeness (QED) is 0.204. The third-order valence-corrected chi connectivity index (χ3v) is 8.07. The van der Waals surface area contributed by atoms with Gasteiger partial charge >= 0.3 is 0 Å². The number of nitrogens with zero attached hydrogens (tertiary/aromatic N) is 2. The number of rotatable bonds is 9. The SMILES string of the molecule is O=C(Nc1ccc(N2CCN(C(C(=O)Cc3ccccc3)c3ccccc3)CC2)cc1)c1ccccc1-c1ccccc1. The first-order valence-corrected chi connectivity index (χ1v) is 14.8. The molecule has 5 aromatic rings. The van der Waals surface area contributed by atoms with E-state index in [2.05, 4.69) is 39.4 Å². The highest BCUT2D eigenvalue weighted by molar-refractivity contribution is 6.08. The van der Waals surface area contributed by atoms with E-state index in [0.717, 1.165) is 59.8 Å². The summed E-state index contributed by atoms with van der Waals surface area (Å²) in [6, 6.07) is 45.5. The molecule has 0 bridgehead atoms. The number of carbonyl (C=O) groups excluding carboxylic acids is 2. The lowest BCUT2D eigenvalue weighted by Crippen LogP contribution is -2.49. The zero-order valence-corrected chi connectivity index (χ0v) is 24.1. The molecule has 0 aliphatic carbocycles. The summed E-state index contributed by atoms with van der Waals surface area (Å²) in [4.78, 5) is 31.5. The maximum atomic E-state index is 13.6. The molecule has 1 aliphatic rings. The minimum atomic E-state index is -0.264. The lowest BCUT2D eigenvalue weighted by Gasteiger charge is -2.40. The lowest BCUT2D eigenvalue weighted by molar-refractivity contribution is -0.124. The van der Waals surface area contributed by atoms with Gasteiger partial charge in [0, 0.05) is 49.5 Å². The van der Waals surface area contributed by atoms with Crippen LogP contribution in [0.3, 0.4) is 0 Å². The third-order valence-electron chi connectivity index (χ3n) is 8.07. The van der Waals surface area contributed by atoms with Crippen molar-refractivity contribution in [3.63, 3.8) is 0 Å². The van der Waals surface area contributed by atoms with E-state index in [9.17, 15) is 9.59 Å². The summed E-state index contributed by atoms with van der Waals surface area (Å²) in [7, 11) is 0. The first kappa shape index (κ1) is 28.1. The van der Waals surface area contributed by atoms with Crippen molar-refractivity contribution in [1.82, 2.24) is 4.90 Å². The van der Waals surface area contributed by atoms with Gasteiger partial charge in [-0.25, -0.2) is 0 Å².